The number of halogens is 2. The summed E-state index contributed by atoms with van der Waals surface area (Å²) in [7, 11) is -0.735. The molecule has 0 aliphatic heterocycles. The Hall–Kier alpha value is 1.04. The maximum atomic E-state index is 10.2. The molecule has 0 unspecified atom stereocenters. The average Bonchev–Trinajstić information content (AvgIpc) is 1.21. The second-order valence-corrected chi connectivity index (χ2v) is 12.6. The fraction of sp³-hybridized carbons (Fsp3) is 0.750. The molecular weight excluding hydrogens is 258 g/mol. The van der Waals surface area contributed by atoms with Crippen LogP contribution in [0.15, 0.2) is 0 Å². The van der Waals surface area contributed by atoms with Crippen LogP contribution in [-0.2, 0) is 4.79 Å². The zero-order valence-electron chi connectivity index (χ0n) is 4.78. The Balaban J connectivity index is 3.55. The molecule has 0 spiro atoms. The summed E-state index contributed by atoms with van der Waals surface area (Å²) < 4.78 is 0. The molecule has 0 saturated heterocycles. The molecule has 0 rings (SSSR count). The lowest BCUT2D eigenvalue weighted by Crippen LogP contribution is -1.99. The zero-order chi connectivity index (χ0) is 6.78. The SMILES string of the molecule is CS(C)(I)CC(=O)Cl. The monoisotopic (exact) mass is 266 g/mol. The Labute approximate surface area is 68.1 Å². The fourth-order valence-corrected chi connectivity index (χ4v) is 3.03. The lowest BCUT2D eigenvalue weighted by Gasteiger charge is -2.18. The molecule has 0 radical (unpaired) electrons. The molecule has 4 heteroatoms. The molecule has 1 nitrogen and oxygen atoms in total. The molecular formula is C4H8ClIOS. The first-order valence-electron chi connectivity index (χ1n) is 2.01. The van der Waals surface area contributed by atoms with E-state index in [1.807, 2.05) is 12.5 Å². The predicted molar refractivity (Wildman–Crippen MR) is 49.2 cm³/mol. The minimum Gasteiger partial charge on any atom is -0.280 e. The highest BCUT2D eigenvalue weighted by atomic mass is 127. The van der Waals surface area contributed by atoms with Crippen molar-refractivity contribution in [1.82, 2.24) is 0 Å². The minimum absolute atomic E-state index is 0.223. The summed E-state index contributed by atoms with van der Waals surface area (Å²) in [6.07, 6.45) is 4.10. The summed E-state index contributed by atoms with van der Waals surface area (Å²) in [5.41, 5.74) is 0. The molecule has 50 valence electrons. The normalized spacial score (nSPS) is 13.5. The maximum Gasteiger partial charge on any atom is 0.230 e. The molecule has 0 aromatic heterocycles. The molecule has 0 saturated carbocycles. The fourth-order valence-electron chi connectivity index (χ4n) is 0.270. The van der Waals surface area contributed by atoms with Gasteiger partial charge in [-0.25, -0.2) is 0 Å². The summed E-state index contributed by atoms with van der Waals surface area (Å²) in [5, 5.41) is -0.223. The first-order chi connectivity index (χ1) is 3.42. The van der Waals surface area contributed by atoms with Gasteiger partial charge in [-0.3, -0.25) is 4.79 Å². The van der Waals surface area contributed by atoms with Crippen LogP contribution >= 0.6 is 40.0 Å². The molecule has 0 N–H and O–H groups in total. The third kappa shape index (κ3) is 7.04. The van der Waals surface area contributed by atoms with Gasteiger partial charge in [-0.1, -0.05) is 0 Å². The van der Waals surface area contributed by atoms with Crippen molar-refractivity contribution in [1.29, 1.82) is 0 Å². The van der Waals surface area contributed by atoms with Gasteiger partial charge in [0.15, 0.2) is 0 Å². The van der Waals surface area contributed by atoms with Gasteiger partial charge >= 0.3 is 0 Å². The highest BCUT2D eigenvalue weighted by Crippen LogP contribution is 2.48. The van der Waals surface area contributed by atoms with Gasteiger partial charge in [0, 0.05) is 0 Å². The van der Waals surface area contributed by atoms with Crippen LogP contribution in [0.25, 0.3) is 0 Å². The van der Waals surface area contributed by atoms with Crippen LogP contribution < -0.4 is 0 Å². The number of rotatable bonds is 2. The Bertz CT molecular complexity index is 98.7. The second-order valence-electron chi connectivity index (χ2n) is 1.90. The van der Waals surface area contributed by atoms with Crippen LogP contribution in [0.2, 0.25) is 0 Å². The predicted octanol–water partition coefficient (Wildman–Crippen LogP) is 2.17. The van der Waals surface area contributed by atoms with E-state index in [0.717, 1.165) is 0 Å². The summed E-state index contributed by atoms with van der Waals surface area (Å²) in [6.45, 7) is 0. The van der Waals surface area contributed by atoms with Crippen molar-refractivity contribution in [2.24, 2.45) is 0 Å². The van der Waals surface area contributed by atoms with Crippen molar-refractivity contribution in [3.63, 3.8) is 0 Å². The molecule has 8 heavy (non-hydrogen) atoms. The van der Waals surface area contributed by atoms with Crippen LogP contribution in [0.5, 0.6) is 0 Å². The first-order valence-corrected chi connectivity index (χ1v) is 7.55. The summed E-state index contributed by atoms with van der Waals surface area (Å²) in [4.78, 5) is 10.2. The van der Waals surface area contributed by atoms with Crippen molar-refractivity contribution in [2.75, 3.05) is 18.3 Å². The zero-order valence-corrected chi connectivity index (χ0v) is 8.51. The third-order valence-corrected chi connectivity index (χ3v) is 2.63. The summed E-state index contributed by atoms with van der Waals surface area (Å²) in [6, 6.07) is 0. The number of hydrogen-bond donors (Lipinski definition) is 0. The average molecular weight is 267 g/mol. The molecule has 0 atom stereocenters. The summed E-state index contributed by atoms with van der Waals surface area (Å²) in [5.74, 6) is 0.523. The van der Waals surface area contributed by atoms with Crippen molar-refractivity contribution >= 4 is 45.2 Å². The Morgan fingerprint density at radius 1 is 1.75 bits per heavy atom. The largest absolute Gasteiger partial charge is 0.280 e. The molecule has 0 aliphatic carbocycles. The van der Waals surface area contributed by atoms with E-state index in [1.54, 1.807) is 0 Å². The van der Waals surface area contributed by atoms with Gasteiger partial charge in [-0.2, -0.15) is 7.20 Å². The van der Waals surface area contributed by atoms with Gasteiger partial charge in [0.05, 0.1) is 5.75 Å². The smallest absolute Gasteiger partial charge is 0.230 e. The van der Waals surface area contributed by atoms with Gasteiger partial charge in [0.25, 0.3) is 0 Å². The standard InChI is InChI=1S/C4H8ClIOS/c1-8(2,6)3-4(5)7/h3H2,1-2H3. The molecule has 0 bridgehead atoms. The Morgan fingerprint density at radius 2 is 2.12 bits per heavy atom. The van der Waals surface area contributed by atoms with Crippen molar-refractivity contribution in [2.45, 2.75) is 0 Å². The van der Waals surface area contributed by atoms with E-state index in [9.17, 15) is 4.79 Å². The van der Waals surface area contributed by atoms with E-state index < -0.39 is 7.20 Å². The lowest BCUT2D eigenvalue weighted by atomic mass is 10.9. The topological polar surface area (TPSA) is 17.1 Å². The molecule has 0 aliphatic rings. The summed E-state index contributed by atoms with van der Waals surface area (Å²) >= 11 is 7.41. The van der Waals surface area contributed by atoms with E-state index in [4.69, 9.17) is 11.6 Å². The van der Waals surface area contributed by atoms with Gasteiger partial charge < -0.3 is 0 Å². The van der Waals surface area contributed by atoms with Crippen molar-refractivity contribution in [3.05, 3.63) is 0 Å². The van der Waals surface area contributed by atoms with Crippen LogP contribution in [0.1, 0.15) is 0 Å². The van der Waals surface area contributed by atoms with Crippen LogP contribution in [0.3, 0.4) is 0 Å². The molecule has 0 amide bonds. The van der Waals surface area contributed by atoms with Gasteiger partial charge in [0.2, 0.25) is 5.24 Å². The van der Waals surface area contributed by atoms with E-state index in [2.05, 4.69) is 21.2 Å². The Morgan fingerprint density at radius 3 is 2.12 bits per heavy atom. The highest BCUT2D eigenvalue weighted by Gasteiger charge is 2.09. The number of hydrogen-bond acceptors (Lipinski definition) is 1. The highest BCUT2D eigenvalue weighted by molar-refractivity contribution is 14.2. The Kier molecular flexibility index (Phi) is 3.69. The third-order valence-electron chi connectivity index (χ3n) is 0.457. The van der Waals surface area contributed by atoms with E-state index in [-0.39, 0.29) is 5.24 Å². The number of carbonyl (C=O) groups excluding carboxylic acids is 1. The van der Waals surface area contributed by atoms with Crippen LogP contribution in [0, 0.1) is 0 Å². The minimum atomic E-state index is -0.735. The second kappa shape index (κ2) is 3.27. The van der Waals surface area contributed by atoms with Gasteiger partial charge in [-0.05, 0) is 45.3 Å². The van der Waals surface area contributed by atoms with Crippen molar-refractivity contribution < 1.29 is 4.79 Å². The molecule has 0 fully saturated rings. The molecule has 0 heterocycles. The maximum absolute atomic E-state index is 10.2. The number of carbonyl (C=O) groups is 1. The lowest BCUT2D eigenvalue weighted by molar-refractivity contribution is -0.109. The molecule has 0 aromatic rings. The van der Waals surface area contributed by atoms with E-state index >= 15 is 0 Å². The van der Waals surface area contributed by atoms with Crippen LogP contribution in [-0.4, -0.2) is 23.5 Å². The van der Waals surface area contributed by atoms with Gasteiger partial charge in [-0.15, -0.1) is 0 Å². The molecule has 0 aromatic carbocycles. The van der Waals surface area contributed by atoms with E-state index in [0.29, 0.717) is 5.75 Å². The van der Waals surface area contributed by atoms with Crippen molar-refractivity contribution in [3.8, 4) is 0 Å². The van der Waals surface area contributed by atoms with E-state index in [1.165, 1.54) is 0 Å². The first kappa shape index (κ1) is 9.04. The van der Waals surface area contributed by atoms with Crippen LogP contribution in [0.4, 0.5) is 0 Å². The quantitative estimate of drug-likeness (QED) is 0.553. The van der Waals surface area contributed by atoms with Gasteiger partial charge in [0.1, 0.15) is 0 Å².